The van der Waals surface area contributed by atoms with E-state index < -0.39 is 6.36 Å². The Balaban J connectivity index is 1.50. The van der Waals surface area contributed by atoms with Crippen LogP contribution >= 0.6 is 0 Å². The van der Waals surface area contributed by atoms with Crippen LogP contribution in [-0.4, -0.2) is 41.5 Å². The van der Waals surface area contributed by atoms with Crippen LogP contribution in [-0.2, 0) is 0 Å². The van der Waals surface area contributed by atoms with E-state index in [1.807, 2.05) is 6.07 Å². The fraction of sp³-hybridized carbons (Fsp3) is 0.227. The molecule has 2 aliphatic heterocycles. The summed E-state index contributed by atoms with van der Waals surface area (Å²) in [6, 6.07) is 12.3. The number of hydrogen-bond acceptors (Lipinski definition) is 5. The number of nitrogens with one attached hydrogen (secondary N) is 1. The molecule has 1 aromatic carbocycles. The SMILES string of the molecule is O=C(Nc1cccnc1)N1c2nc(-c3cccc(OC(F)(F)F)c3)ccc2N2CC[C@H]1C2. The molecule has 164 valence electrons. The Kier molecular flexibility index (Phi) is 4.84. The molecule has 0 spiro atoms. The Morgan fingerprint density at radius 2 is 2.03 bits per heavy atom. The molecular weight excluding hydrogens is 423 g/mol. The van der Waals surface area contributed by atoms with Gasteiger partial charge in [-0.1, -0.05) is 12.1 Å². The monoisotopic (exact) mass is 441 g/mol. The maximum atomic E-state index is 13.2. The summed E-state index contributed by atoms with van der Waals surface area (Å²) in [5, 5.41) is 2.85. The number of carbonyl (C=O) groups is 1. The molecular formula is C22H18F3N5O2. The number of rotatable bonds is 3. The van der Waals surface area contributed by atoms with Crippen LogP contribution in [0, 0.1) is 0 Å². The minimum Gasteiger partial charge on any atom is -0.406 e. The molecule has 10 heteroatoms. The molecule has 1 N–H and O–H groups in total. The molecule has 0 aliphatic carbocycles. The molecule has 1 atom stereocenters. The summed E-state index contributed by atoms with van der Waals surface area (Å²) in [5.74, 6) is 0.143. The maximum absolute atomic E-state index is 13.2. The molecule has 2 bridgehead atoms. The van der Waals surface area contributed by atoms with Crippen LogP contribution in [0.5, 0.6) is 5.75 Å². The van der Waals surface area contributed by atoms with Gasteiger partial charge < -0.3 is 15.0 Å². The van der Waals surface area contributed by atoms with Gasteiger partial charge in [0.1, 0.15) is 5.75 Å². The molecule has 7 nitrogen and oxygen atoms in total. The van der Waals surface area contributed by atoms with Gasteiger partial charge in [0.25, 0.3) is 0 Å². The van der Waals surface area contributed by atoms with Crippen LogP contribution in [0.4, 0.5) is 35.2 Å². The first-order valence-corrected chi connectivity index (χ1v) is 10.00. The molecule has 3 aromatic rings. The van der Waals surface area contributed by atoms with Crippen LogP contribution in [0.2, 0.25) is 0 Å². The van der Waals surface area contributed by atoms with Gasteiger partial charge in [-0.3, -0.25) is 9.88 Å². The van der Waals surface area contributed by atoms with Crippen LogP contribution in [0.15, 0.2) is 60.9 Å². The lowest BCUT2D eigenvalue weighted by Crippen LogP contribution is -2.48. The molecule has 0 radical (unpaired) electrons. The summed E-state index contributed by atoms with van der Waals surface area (Å²) < 4.78 is 41.9. The van der Waals surface area contributed by atoms with Crippen molar-refractivity contribution in [3.8, 4) is 17.0 Å². The number of fused-ring (bicyclic) bond motifs is 4. The first-order valence-electron chi connectivity index (χ1n) is 10.00. The van der Waals surface area contributed by atoms with Gasteiger partial charge in [-0.2, -0.15) is 0 Å². The number of halogens is 3. The van der Waals surface area contributed by atoms with Gasteiger partial charge in [-0.05, 0) is 42.8 Å². The summed E-state index contributed by atoms with van der Waals surface area (Å²) in [5.41, 5.74) is 2.27. The second kappa shape index (κ2) is 7.70. The average molecular weight is 441 g/mol. The number of ether oxygens (including phenoxy) is 1. The highest BCUT2D eigenvalue weighted by molar-refractivity contribution is 6.04. The number of carbonyl (C=O) groups excluding carboxylic acids is 1. The Bertz CT molecular complexity index is 1160. The lowest BCUT2D eigenvalue weighted by Gasteiger charge is -2.35. The van der Waals surface area contributed by atoms with Crippen molar-refractivity contribution in [3.05, 3.63) is 60.9 Å². The smallest absolute Gasteiger partial charge is 0.406 e. The minimum absolute atomic E-state index is 0.0539. The van der Waals surface area contributed by atoms with Crippen molar-refractivity contribution >= 4 is 23.2 Å². The zero-order valence-electron chi connectivity index (χ0n) is 16.7. The van der Waals surface area contributed by atoms with Gasteiger partial charge in [0.05, 0.1) is 29.3 Å². The number of hydrogen-bond donors (Lipinski definition) is 1. The van der Waals surface area contributed by atoms with E-state index in [0.29, 0.717) is 29.3 Å². The number of alkyl halides is 3. The number of benzene rings is 1. The number of urea groups is 1. The van der Waals surface area contributed by atoms with Crippen molar-refractivity contribution in [1.82, 2.24) is 9.97 Å². The topological polar surface area (TPSA) is 70.6 Å². The van der Waals surface area contributed by atoms with Crippen molar-refractivity contribution in [2.24, 2.45) is 0 Å². The van der Waals surface area contributed by atoms with Crippen molar-refractivity contribution in [1.29, 1.82) is 0 Å². The first kappa shape index (κ1) is 20.1. The normalized spacial score (nSPS) is 17.2. The van der Waals surface area contributed by atoms with Gasteiger partial charge in [-0.15, -0.1) is 13.2 Å². The highest BCUT2D eigenvalue weighted by Gasteiger charge is 2.40. The number of anilines is 3. The highest BCUT2D eigenvalue weighted by atomic mass is 19.4. The lowest BCUT2D eigenvalue weighted by molar-refractivity contribution is -0.274. The number of nitrogens with zero attached hydrogens (tertiary/aromatic N) is 4. The van der Waals surface area contributed by atoms with E-state index >= 15 is 0 Å². The highest BCUT2D eigenvalue weighted by Crippen LogP contribution is 2.40. The third-order valence-corrected chi connectivity index (χ3v) is 5.45. The van der Waals surface area contributed by atoms with E-state index in [1.165, 1.54) is 18.2 Å². The molecule has 0 saturated carbocycles. The van der Waals surface area contributed by atoms with E-state index in [1.54, 1.807) is 41.6 Å². The van der Waals surface area contributed by atoms with Gasteiger partial charge in [-0.25, -0.2) is 9.78 Å². The number of pyridine rings is 2. The van der Waals surface area contributed by atoms with E-state index in [2.05, 4.69) is 24.9 Å². The molecule has 1 saturated heterocycles. The zero-order chi connectivity index (χ0) is 22.3. The van der Waals surface area contributed by atoms with Crippen LogP contribution in [0.25, 0.3) is 11.3 Å². The summed E-state index contributed by atoms with van der Waals surface area (Å²) in [4.78, 5) is 25.6. The zero-order valence-corrected chi connectivity index (χ0v) is 16.7. The lowest BCUT2D eigenvalue weighted by atomic mass is 10.1. The second-order valence-electron chi connectivity index (χ2n) is 7.55. The molecule has 2 aliphatic rings. The maximum Gasteiger partial charge on any atom is 0.573 e. The van der Waals surface area contributed by atoms with Crippen molar-refractivity contribution in [2.75, 3.05) is 28.2 Å². The third-order valence-electron chi connectivity index (χ3n) is 5.45. The summed E-state index contributed by atoms with van der Waals surface area (Å²) in [7, 11) is 0. The van der Waals surface area contributed by atoms with Crippen molar-refractivity contribution < 1.29 is 22.7 Å². The molecule has 1 fully saturated rings. The van der Waals surface area contributed by atoms with E-state index in [9.17, 15) is 18.0 Å². The van der Waals surface area contributed by atoms with Crippen LogP contribution in [0.3, 0.4) is 0 Å². The third kappa shape index (κ3) is 3.91. The van der Waals surface area contributed by atoms with E-state index in [4.69, 9.17) is 0 Å². The standard InChI is InChI=1S/C22H18F3N5O2/c23-22(24,25)32-17-5-1-3-14(11-17)18-6-7-19-20(28-18)30(16-8-10-29(19)13-16)21(31)27-15-4-2-9-26-12-15/h1-7,9,11-12,16H,8,10,13H2,(H,27,31)/t16-/m0/s1. The van der Waals surface area contributed by atoms with Crippen LogP contribution in [0.1, 0.15) is 6.42 Å². The summed E-state index contributed by atoms with van der Waals surface area (Å²) in [6.07, 6.45) is -0.818. The molecule has 2 amide bonds. The second-order valence-corrected chi connectivity index (χ2v) is 7.55. The van der Waals surface area contributed by atoms with Crippen molar-refractivity contribution in [3.63, 3.8) is 0 Å². The fourth-order valence-corrected chi connectivity index (χ4v) is 4.11. The molecule has 2 aromatic heterocycles. The molecule has 5 rings (SSSR count). The number of amides is 2. The van der Waals surface area contributed by atoms with E-state index in [-0.39, 0.29) is 17.8 Å². The Hall–Kier alpha value is -3.82. The average Bonchev–Trinajstić information content (AvgIpc) is 3.17. The quantitative estimate of drug-likeness (QED) is 0.640. The number of aromatic nitrogens is 2. The summed E-state index contributed by atoms with van der Waals surface area (Å²) in [6.45, 7) is 1.49. The van der Waals surface area contributed by atoms with Crippen LogP contribution < -0.4 is 19.9 Å². The van der Waals surface area contributed by atoms with Gasteiger partial charge in [0.15, 0.2) is 5.82 Å². The van der Waals surface area contributed by atoms with Gasteiger partial charge in [0, 0.05) is 24.8 Å². The van der Waals surface area contributed by atoms with Gasteiger partial charge >= 0.3 is 12.4 Å². The Morgan fingerprint density at radius 3 is 2.81 bits per heavy atom. The van der Waals surface area contributed by atoms with Gasteiger partial charge in [0.2, 0.25) is 0 Å². The largest absolute Gasteiger partial charge is 0.573 e. The predicted octanol–water partition coefficient (Wildman–Crippen LogP) is 4.67. The predicted molar refractivity (Wildman–Crippen MR) is 113 cm³/mol. The first-order chi connectivity index (χ1) is 15.4. The molecule has 32 heavy (non-hydrogen) atoms. The summed E-state index contributed by atoms with van der Waals surface area (Å²) >= 11 is 0. The molecule has 4 heterocycles. The molecule has 0 unspecified atom stereocenters. The van der Waals surface area contributed by atoms with Crippen molar-refractivity contribution in [2.45, 2.75) is 18.8 Å². The Morgan fingerprint density at radius 1 is 1.16 bits per heavy atom. The fourth-order valence-electron chi connectivity index (χ4n) is 4.11. The Labute approximate surface area is 181 Å². The van der Waals surface area contributed by atoms with E-state index in [0.717, 1.165) is 18.7 Å². The minimum atomic E-state index is -4.78.